The van der Waals surface area contributed by atoms with E-state index in [1.165, 1.54) is 12.5 Å². The summed E-state index contributed by atoms with van der Waals surface area (Å²) in [7, 11) is 0. The van der Waals surface area contributed by atoms with Crippen molar-refractivity contribution >= 4 is 28.9 Å². The number of hydrogen-bond donors (Lipinski definition) is 2. The highest BCUT2D eigenvalue weighted by atomic mass is 16.2. The topological polar surface area (TPSA) is 108 Å². The van der Waals surface area contributed by atoms with Crippen LogP contribution in [0.2, 0.25) is 0 Å². The quantitative estimate of drug-likeness (QED) is 0.270. The van der Waals surface area contributed by atoms with Gasteiger partial charge in [-0.2, -0.15) is 14.8 Å². The van der Waals surface area contributed by atoms with Gasteiger partial charge in [0.2, 0.25) is 12.3 Å². The molecule has 4 aromatic heterocycles. The normalized spacial score (nSPS) is 13.4. The Hall–Kier alpha value is -4.01. The third kappa shape index (κ3) is 5.08. The standard InChI is InChI=1S/C16H14N6O.C8H13NO/c23-10-17-6-3-11-8-13-12(4-7-18-16(13)21-11)14-9-20-22-15(14)2-1-5-19-22;1-2-8(10)9-6-4-3-5-7-9/h1-2,4-5,7-10H,3,6H2,(H,17,23)(H,18,21);2H,1,3-7H2. The van der Waals surface area contributed by atoms with Crippen molar-refractivity contribution in [3.05, 3.63) is 61.2 Å². The third-order valence-electron chi connectivity index (χ3n) is 5.65. The zero-order valence-corrected chi connectivity index (χ0v) is 18.4. The van der Waals surface area contributed by atoms with E-state index in [-0.39, 0.29) is 5.91 Å². The Morgan fingerprint density at radius 1 is 1.15 bits per heavy atom. The van der Waals surface area contributed by atoms with E-state index in [4.69, 9.17) is 0 Å². The van der Waals surface area contributed by atoms with Crippen LogP contribution in [0.5, 0.6) is 0 Å². The number of piperidine rings is 1. The molecule has 1 fully saturated rings. The number of nitrogens with one attached hydrogen (secondary N) is 2. The van der Waals surface area contributed by atoms with Gasteiger partial charge in [-0.3, -0.25) is 9.59 Å². The first-order valence-electron chi connectivity index (χ1n) is 11.1. The molecule has 2 N–H and O–H groups in total. The van der Waals surface area contributed by atoms with Gasteiger partial charge in [-0.05, 0) is 55.2 Å². The number of fused-ring (bicyclic) bond motifs is 2. The highest BCUT2D eigenvalue weighted by Gasteiger charge is 2.13. The van der Waals surface area contributed by atoms with Crippen molar-refractivity contribution in [3.63, 3.8) is 0 Å². The van der Waals surface area contributed by atoms with Gasteiger partial charge in [0.05, 0.1) is 11.7 Å². The summed E-state index contributed by atoms with van der Waals surface area (Å²) in [4.78, 5) is 30.9. The van der Waals surface area contributed by atoms with E-state index in [0.717, 1.165) is 65.7 Å². The molecule has 170 valence electrons. The fourth-order valence-electron chi connectivity index (χ4n) is 4.00. The van der Waals surface area contributed by atoms with Crippen LogP contribution in [0.15, 0.2) is 55.5 Å². The molecule has 5 heterocycles. The van der Waals surface area contributed by atoms with Crippen molar-refractivity contribution in [3.8, 4) is 11.1 Å². The number of nitrogens with zero attached hydrogens (tertiary/aromatic N) is 5. The second-order valence-electron chi connectivity index (χ2n) is 7.78. The number of carbonyl (C=O) groups is 2. The van der Waals surface area contributed by atoms with Crippen LogP contribution in [-0.4, -0.2) is 61.6 Å². The fourth-order valence-corrected chi connectivity index (χ4v) is 4.00. The molecule has 0 atom stereocenters. The minimum absolute atomic E-state index is 0.0831. The molecule has 0 aliphatic carbocycles. The van der Waals surface area contributed by atoms with Gasteiger partial charge in [0.1, 0.15) is 5.65 Å². The lowest BCUT2D eigenvalue weighted by molar-refractivity contribution is -0.126. The van der Waals surface area contributed by atoms with Gasteiger partial charge < -0.3 is 15.2 Å². The van der Waals surface area contributed by atoms with Crippen molar-refractivity contribution in [1.82, 2.24) is 35.0 Å². The molecular formula is C24H27N7O2. The molecule has 0 aromatic carbocycles. The van der Waals surface area contributed by atoms with Gasteiger partial charge in [0.25, 0.3) is 0 Å². The summed E-state index contributed by atoms with van der Waals surface area (Å²) in [6.45, 7) is 5.88. The highest BCUT2D eigenvalue weighted by molar-refractivity contribution is 5.97. The molecule has 1 aliphatic heterocycles. The van der Waals surface area contributed by atoms with Crippen LogP contribution in [-0.2, 0) is 16.0 Å². The van der Waals surface area contributed by atoms with Crippen LogP contribution >= 0.6 is 0 Å². The number of hydrogen-bond acceptors (Lipinski definition) is 5. The molecule has 0 radical (unpaired) electrons. The smallest absolute Gasteiger partial charge is 0.245 e. The summed E-state index contributed by atoms with van der Waals surface area (Å²) in [5.41, 5.74) is 4.88. The summed E-state index contributed by atoms with van der Waals surface area (Å²) < 4.78 is 1.61. The Bertz CT molecular complexity index is 1250. The number of aromatic nitrogens is 5. The number of carbonyl (C=O) groups excluding carboxylic acids is 2. The van der Waals surface area contributed by atoms with E-state index in [1.54, 1.807) is 17.0 Å². The maximum atomic E-state index is 11.0. The Kier molecular flexibility index (Phi) is 7.09. The maximum Gasteiger partial charge on any atom is 0.245 e. The van der Waals surface area contributed by atoms with Crippen molar-refractivity contribution in [2.45, 2.75) is 25.7 Å². The molecule has 2 amide bonds. The van der Waals surface area contributed by atoms with Crippen LogP contribution in [0.4, 0.5) is 0 Å². The molecule has 1 aliphatic rings. The van der Waals surface area contributed by atoms with E-state index < -0.39 is 0 Å². The van der Waals surface area contributed by atoms with E-state index in [1.807, 2.05) is 29.3 Å². The van der Waals surface area contributed by atoms with Gasteiger partial charge in [-0.25, -0.2) is 4.98 Å². The molecular weight excluding hydrogens is 418 g/mol. The van der Waals surface area contributed by atoms with Gasteiger partial charge in [-0.15, -0.1) is 0 Å². The number of rotatable bonds is 6. The number of likely N-dealkylation sites (tertiary alicyclic amines) is 1. The first-order chi connectivity index (χ1) is 16.2. The first-order valence-corrected chi connectivity index (χ1v) is 11.1. The Morgan fingerprint density at radius 3 is 2.79 bits per heavy atom. The average molecular weight is 446 g/mol. The van der Waals surface area contributed by atoms with Crippen molar-refractivity contribution in [1.29, 1.82) is 0 Å². The van der Waals surface area contributed by atoms with Crippen LogP contribution < -0.4 is 5.32 Å². The second kappa shape index (κ2) is 10.5. The van der Waals surface area contributed by atoms with Crippen molar-refractivity contribution in [2.75, 3.05) is 19.6 Å². The van der Waals surface area contributed by atoms with Crippen LogP contribution in [0, 0.1) is 0 Å². The van der Waals surface area contributed by atoms with E-state index >= 15 is 0 Å². The Balaban J connectivity index is 0.000000219. The molecule has 0 saturated carbocycles. The average Bonchev–Trinajstić information content (AvgIpc) is 3.48. The van der Waals surface area contributed by atoms with Gasteiger partial charge in [0, 0.05) is 55.1 Å². The molecule has 1 saturated heterocycles. The summed E-state index contributed by atoms with van der Waals surface area (Å²) in [6.07, 6.45) is 11.7. The summed E-state index contributed by atoms with van der Waals surface area (Å²) >= 11 is 0. The van der Waals surface area contributed by atoms with Gasteiger partial charge in [0.15, 0.2) is 0 Å². The summed E-state index contributed by atoms with van der Waals surface area (Å²) in [6, 6.07) is 7.94. The van der Waals surface area contributed by atoms with Crippen LogP contribution in [0.25, 0.3) is 27.7 Å². The maximum absolute atomic E-state index is 11.0. The van der Waals surface area contributed by atoms with Gasteiger partial charge in [-0.1, -0.05) is 6.58 Å². The zero-order chi connectivity index (χ0) is 23.0. The molecule has 5 rings (SSSR count). The lowest BCUT2D eigenvalue weighted by Crippen LogP contribution is -2.34. The summed E-state index contributed by atoms with van der Waals surface area (Å²) in [5, 5.41) is 12.2. The third-order valence-corrected chi connectivity index (χ3v) is 5.65. The molecule has 9 nitrogen and oxygen atoms in total. The van der Waals surface area contributed by atoms with Crippen molar-refractivity contribution < 1.29 is 9.59 Å². The Labute approximate surface area is 191 Å². The second-order valence-corrected chi connectivity index (χ2v) is 7.78. The largest absolute Gasteiger partial charge is 0.358 e. The minimum atomic E-state index is 0.0831. The SMILES string of the molecule is C=CC(=O)N1CCCCC1.O=CNCCc1cc2c(-c3cnn4ncccc34)ccnc2[nH]1. The van der Waals surface area contributed by atoms with Crippen LogP contribution in [0.1, 0.15) is 25.0 Å². The Morgan fingerprint density at radius 2 is 2.00 bits per heavy atom. The lowest BCUT2D eigenvalue weighted by Gasteiger charge is -2.25. The molecule has 4 aromatic rings. The predicted molar refractivity (Wildman–Crippen MR) is 126 cm³/mol. The van der Waals surface area contributed by atoms with E-state index in [2.05, 4.69) is 38.1 Å². The number of pyridine rings is 1. The van der Waals surface area contributed by atoms with E-state index in [0.29, 0.717) is 13.0 Å². The predicted octanol–water partition coefficient (Wildman–Crippen LogP) is 2.75. The van der Waals surface area contributed by atoms with Gasteiger partial charge >= 0.3 is 0 Å². The fraction of sp³-hybridized carbons (Fsp3) is 0.292. The molecule has 9 heteroatoms. The molecule has 33 heavy (non-hydrogen) atoms. The number of aromatic amines is 1. The first kappa shape index (κ1) is 22.2. The minimum Gasteiger partial charge on any atom is -0.358 e. The monoisotopic (exact) mass is 445 g/mol. The van der Waals surface area contributed by atoms with Crippen LogP contribution in [0.3, 0.4) is 0 Å². The summed E-state index contributed by atoms with van der Waals surface area (Å²) in [5.74, 6) is 0.0831. The molecule has 0 unspecified atom stereocenters. The molecule has 0 spiro atoms. The highest BCUT2D eigenvalue weighted by Crippen LogP contribution is 2.30. The number of H-pyrrole nitrogens is 1. The lowest BCUT2D eigenvalue weighted by atomic mass is 10.1. The molecule has 0 bridgehead atoms. The zero-order valence-electron chi connectivity index (χ0n) is 18.4. The number of amides is 2. The van der Waals surface area contributed by atoms with E-state index in [9.17, 15) is 9.59 Å². The van der Waals surface area contributed by atoms with Crippen molar-refractivity contribution in [2.24, 2.45) is 0 Å².